The Balaban J connectivity index is 1.84. The lowest BCUT2D eigenvalue weighted by Gasteiger charge is -2.32. The van der Waals surface area contributed by atoms with Crippen molar-refractivity contribution < 1.29 is 14.7 Å². The molecule has 2 N–H and O–H groups in total. The second-order valence-electron chi connectivity index (χ2n) is 5.12. The van der Waals surface area contributed by atoms with E-state index in [1.54, 1.807) is 16.2 Å². The first-order valence-electron chi connectivity index (χ1n) is 6.84. The van der Waals surface area contributed by atoms with Gasteiger partial charge >= 0.3 is 5.97 Å². The molecule has 0 aliphatic carbocycles. The number of carboxylic acids is 1. The largest absolute Gasteiger partial charge is 0.480 e. The van der Waals surface area contributed by atoms with E-state index in [2.05, 4.69) is 5.32 Å². The SMILES string of the molecule is Cc1ccsc1CNC(=O)CN1CCCCC1C(=O)O. The summed E-state index contributed by atoms with van der Waals surface area (Å²) in [5, 5.41) is 14.0. The van der Waals surface area contributed by atoms with Crippen molar-refractivity contribution in [2.75, 3.05) is 13.1 Å². The molecule has 2 heterocycles. The first-order valence-corrected chi connectivity index (χ1v) is 7.72. The second kappa shape index (κ2) is 6.85. The number of aryl methyl sites for hydroxylation is 1. The number of nitrogens with zero attached hydrogens (tertiary/aromatic N) is 1. The Hall–Kier alpha value is -1.40. The van der Waals surface area contributed by atoms with E-state index in [0.29, 0.717) is 19.5 Å². The molecular weight excluding hydrogens is 276 g/mol. The molecule has 110 valence electrons. The Morgan fingerprint density at radius 2 is 2.30 bits per heavy atom. The highest BCUT2D eigenvalue weighted by molar-refractivity contribution is 7.10. The highest BCUT2D eigenvalue weighted by Crippen LogP contribution is 2.17. The zero-order valence-electron chi connectivity index (χ0n) is 11.6. The van der Waals surface area contributed by atoms with E-state index in [9.17, 15) is 9.59 Å². The summed E-state index contributed by atoms with van der Waals surface area (Å²) in [7, 11) is 0. The van der Waals surface area contributed by atoms with Crippen LogP contribution in [0, 0.1) is 6.92 Å². The smallest absolute Gasteiger partial charge is 0.320 e. The third-order valence-electron chi connectivity index (χ3n) is 3.66. The zero-order chi connectivity index (χ0) is 14.5. The van der Waals surface area contributed by atoms with Crippen LogP contribution in [0.15, 0.2) is 11.4 Å². The summed E-state index contributed by atoms with van der Waals surface area (Å²) < 4.78 is 0. The van der Waals surface area contributed by atoms with Crippen molar-refractivity contribution in [3.63, 3.8) is 0 Å². The lowest BCUT2D eigenvalue weighted by Crippen LogP contribution is -2.48. The van der Waals surface area contributed by atoms with Crippen LogP contribution in [-0.4, -0.2) is 41.0 Å². The fourth-order valence-corrected chi connectivity index (χ4v) is 3.31. The second-order valence-corrected chi connectivity index (χ2v) is 6.12. The highest BCUT2D eigenvalue weighted by atomic mass is 32.1. The van der Waals surface area contributed by atoms with E-state index in [0.717, 1.165) is 17.7 Å². The standard InChI is InChI=1S/C14H20N2O3S/c1-10-5-7-20-12(10)8-15-13(17)9-16-6-3-2-4-11(16)14(18)19/h5,7,11H,2-4,6,8-9H2,1H3,(H,15,17)(H,18,19). The van der Waals surface area contributed by atoms with Gasteiger partial charge < -0.3 is 10.4 Å². The average molecular weight is 296 g/mol. The van der Waals surface area contributed by atoms with Gasteiger partial charge in [0.25, 0.3) is 0 Å². The van der Waals surface area contributed by atoms with Gasteiger partial charge in [-0.2, -0.15) is 0 Å². The quantitative estimate of drug-likeness (QED) is 0.866. The van der Waals surface area contributed by atoms with E-state index in [4.69, 9.17) is 5.11 Å². The average Bonchev–Trinajstić information content (AvgIpc) is 2.82. The van der Waals surface area contributed by atoms with Gasteiger partial charge in [0.15, 0.2) is 0 Å². The van der Waals surface area contributed by atoms with Crippen LogP contribution >= 0.6 is 11.3 Å². The molecule has 0 aromatic carbocycles. The van der Waals surface area contributed by atoms with Crippen LogP contribution in [-0.2, 0) is 16.1 Å². The first kappa shape index (κ1) is 15.0. The Labute approximate surface area is 122 Å². The number of amides is 1. The summed E-state index contributed by atoms with van der Waals surface area (Å²) >= 11 is 1.62. The lowest BCUT2D eigenvalue weighted by molar-refractivity contribution is -0.145. The molecule has 2 rings (SSSR count). The van der Waals surface area contributed by atoms with Crippen LogP contribution in [0.5, 0.6) is 0 Å². The molecule has 1 amide bonds. The van der Waals surface area contributed by atoms with Crippen molar-refractivity contribution >= 4 is 23.2 Å². The van der Waals surface area contributed by atoms with Crippen molar-refractivity contribution in [2.24, 2.45) is 0 Å². The molecule has 1 atom stereocenters. The number of hydrogen-bond acceptors (Lipinski definition) is 4. The van der Waals surface area contributed by atoms with Crippen LogP contribution in [0.1, 0.15) is 29.7 Å². The van der Waals surface area contributed by atoms with E-state index in [-0.39, 0.29) is 12.5 Å². The van der Waals surface area contributed by atoms with Crippen molar-refractivity contribution in [1.29, 1.82) is 0 Å². The molecular formula is C14H20N2O3S. The molecule has 0 spiro atoms. The van der Waals surface area contributed by atoms with Gasteiger partial charge in [-0.15, -0.1) is 11.3 Å². The fraction of sp³-hybridized carbons (Fsp3) is 0.571. The molecule has 5 nitrogen and oxygen atoms in total. The van der Waals surface area contributed by atoms with Crippen molar-refractivity contribution in [1.82, 2.24) is 10.2 Å². The number of thiophene rings is 1. The minimum Gasteiger partial charge on any atom is -0.480 e. The van der Waals surface area contributed by atoms with Crippen molar-refractivity contribution in [3.8, 4) is 0 Å². The lowest BCUT2D eigenvalue weighted by atomic mass is 10.0. The molecule has 0 saturated carbocycles. The van der Waals surface area contributed by atoms with Gasteiger partial charge in [0, 0.05) is 4.88 Å². The third kappa shape index (κ3) is 3.80. The maximum absolute atomic E-state index is 11.9. The summed E-state index contributed by atoms with van der Waals surface area (Å²) in [6.07, 6.45) is 2.51. The maximum Gasteiger partial charge on any atom is 0.320 e. The predicted octanol–water partition coefficient (Wildman–Crippen LogP) is 1.61. The van der Waals surface area contributed by atoms with Gasteiger partial charge in [-0.3, -0.25) is 14.5 Å². The number of carboxylic acid groups (broad SMARTS) is 1. The zero-order valence-corrected chi connectivity index (χ0v) is 12.4. The third-order valence-corrected chi connectivity index (χ3v) is 4.68. The van der Waals surface area contributed by atoms with Crippen LogP contribution in [0.4, 0.5) is 0 Å². The molecule has 1 aliphatic heterocycles. The summed E-state index contributed by atoms with van der Waals surface area (Å²) in [5.74, 6) is -0.933. The Morgan fingerprint density at radius 1 is 1.50 bits per heavy atom. The van der Waals surface area contributed by atoms with E-state index >= 15 is 0 Å². The molecule has 6 heteroatoms. The van der Waals surface area contributed by atoms with Gasteiger partial charge in [0.1, 0.15) is 6.04 Å². The minimum atomic E-state index is -0.827. The molecule has 1 aromatic rings. The molecule has 1 aliphatic rings. The Morgan fingerprint density at radius 3 is 2.95 bits per heavy atom. The molecule has 1 aromatic heterocycles. The molecule has 1 fully saturated rings. The van der Waals surface area contributed by atoms with Gasteiger partial charge in [0.05, 0.1) is 13.1 Å². The molecule has 20 heavy (non-hydrogen) atoms. The number of hydrogen-bond donors (Lipinski definition) is 2. The molecule has 1 saturated heterocycles. The van der Waals surface area contributed by atoms with E-state index < -0.39 is 12.0 Å². The molecule has 0 radical (unpaired) electrons. The van der Waals surface area contributed by atoms with Crippen LogP contribution in [0.2, 0.25) is 0 Å². The molecule has 1 unspecified atom stereocenters. The summed E-state index contributed by atoms with van der Waals surface area (Å²) in [6, 6.07) is 1.51. The van der Waals surface area contributed by atoms with Crippen LogP contribution in [0.25, 0.3) is 0 Å². The number of rotatable bonds is 5. The summed E-state index contributed by atoms with van der Waals surface area (Å²) in [6.45, 7) is 3.39. The van der Waals surface area contributed by atoms with E-state index in [1.165, 1.54) is 5.56 Å². The fourth-order valence-electron chi connectivity index (χ4n) is 2.46. The van der Waals surface area contributed by atoms with Crippen molar-refractivity contribution in [3.05, 3.63) is 21.9 Å². The number of piperidine rings is 1. The van der Waals surface area contributed by atoms with Gasteiger partial charge in [0.2, 0.25) is 5.91 Å². The first-order chi connectivity index (χ1) is 9.58. The normalized spacial score (nSPS) is 19.8. The number of aliphatic carboxylic acids is 1. The number of carbonyl (C=O) groups excluding carboxylic acids is 1. The molecule has 0 bridgehead atoms. The highest BCUT2D eigenvalue weighted by Gasteiger charge is 2.29. The van der Waals surface area contributed by atoms with Crippen LogP contribution in [0.3, 0.4) is 0 Å². The van der Waals surface area contributed by atoms with Gasteiger partial charge in [-0.1, -0.05) is 6.42 Å². The number of likely N-dealkylation sites (tertiary alicyclic amines) is 1. The van der Waals surface area contributed by atoms with Gasteiger partial charge in [-0.05, 0) is 43.3 Å². The number of carbonyl (C=O) groups is 2. The monoisotopic (exact) mass is 296 g/mol. The topological polar surface area (TPSA) is 69.6 Å². The summed E-state index contributed by atoms with van der Waals surface area (Å²) in [4.78, 5) is 26.0. The predicted molar refractivity (Wildman–Crippen MR) is 77.8 cm³/mol. The summed E-state index contributed by atoms with van der Waals surface area (Å²) in [5.41, 5.74) is 1.18. The van der Waals surface area contributed by atoms with Crippen molar-refractivity contribution in [2.45, 2.75) is 38.8 Å². The van der Waals surface area contributed by atoms with E-state index in [1.807, 2.05) is 18.4 Å². The minimum absolute atomic E-state index is 0.106. The Bertz CT molecular complexity index is 487. The van der Waals surface area contributed by atoms with Crippen LogP contribution < -0.4 is 5.32 Å². The maximum atomic E-state index is 11.9. The Kier molecular flexibility index (Phi) is 5.14. The van der Waals surface area contributed by atoms with Gasteiger partial charge in [-0.25, -0.2) is 0 Å². The number of nitrogens with one attached hydrogen (secondary N) is 1.